The summed E-state index contributed by atoms with van der Waals surface area (Å²) in [5, 5.41) is 6.55. The maximum absolute atomic E-state index is 13.0. The smallest absolute Gasteiger partial charge is 0.219 e. The van der Waals surface area contributed by atoms with E-state index in [0.717, 1.165) is 23.4 Å². The highest BCUT2D eigenvalue weighted by Crippen LogP contribution is 2.19. The van der Waals surface area contributed by atoms with E-state index in [1.54, 1.807) is 31.5 Å². The Bertz CT molecular complexity index is 966. The average Bonchev–Trinajstić information content (AvgIpc) is 2.78. The van der Waals surface area contributed by atoms with E-state index in [1.165, 1.54) is 12.1 Å². The molecule has 164 valence electrons. The van der Waals surface area contributed by atoms with E-state index in [9.17, 15) is 4.39 Å². The zero-order valence-corrected chi connectivity index (χ0v) is 19.8. The monoisotopic (exact) mass is 536 g/mol. The molecule has 0 aliphatic carbocycles. The summed E-state index contributed by atoms with van der Waals surface area (Å²) in [7, 11) is 1.65. The molecule has 0 atom stereocenters. The normalized spacial score (nSPS) is 10.7. The fourth-order valence-electron chi connectivity index (χ4n) is 2.67. The number of nitrogens with zero attached hydrogens (tertiary/aromatic N) is 2. The van der Waals surface area contributed by atoms with Crippen LogP contribution < -0.4 is 20.1 Å². The molecule has 2 N–H and O–H groups in total. The van der Waals surface area contributed by atoms with Gasteiger partial charge in [0.2, 0.25) is 5.88 Å². The largest absolute Gasteiger partial charge is 0.497 e. The van der Waals surface area contributed by atoms with Gasteiger partial charge in [0.1, 0.15) is 17.3 Å². The van der Waals surface area contributed by atoms with E-state index in [2.05, 4.69) is 20.6 Å². The standard InChI is InChI=1S/C23H25FN4O2.HI/c1-3-25-23(27-14-17-5-4-6-21(13-17)29-2)28-16-18-7-12-22(26-15-18)30-20-10-8-19(24)9-11-20;/h4-13,15H,3,14,16H2,1-2H3,(H2,25,27,28);1H. The molecule has 0 aliphatic heterocycles. The molecule has 1 aromatic heterocycles. The zero-order valence-electron chi connectivity index (χ0n) is 17.5. The molecular formula is C23H26FIN4O2. The Morgan fingerprint density at radius 1 is 1.00 bits per heavy atom. The summed E-state index contributed by atoms with van der Waals surface area (Å²) < 4.78 is 23.8. The van der Waals surface area contributed by atoms with Crippen molar-refractivity contribution in [3.8, 4) is 17.4 Å². The first-order valence-corrected chi connectivity index (χ1v) is 9.69. The first-order chi connectivity index (χ1) is 14.7. The van der Waals surface area contributed by atoms with E-state index in [1.807, 2.05) is 37.3 Å². The van der Waals surface area contributed by atoms with Crippen molar-refractivity contribution < 1.29 is 13.9 Å². The predicted molar refractivity (Wildman–Crippen MR) is 131 cm³/mol. The second-order valence-electron chi connectivity index (χ2n) is 6.46. The highest BCUT2D eigenvalue weighted by Gasteiger charge is 2.02. The van der Waals surface area contributed by atoms with E-state index in [0.29, 0.717) is 30.7 Å². The Morgan fingerprint density at radius 3 is 2.48 bits per heavy atom. The van der Waals surface area contributed by atoms with E-state index < -0.39 is 0 Å². The third kappa shape index (κ3) is 8.05. The topological polar surface area (TPSA) is 67.8 Å². The number of nitrogens with one attached hydrogen (secondary N) is 2. The Morgan fingerprint density at radius 2 is 1.81 bits per heavy atom. The first kappa shape index (κ1) is 24.4. The lowest BCUT2D eigenvalue weighted by Gasteiger charge is -2.12. The van der Waals surface area contributed by atoms with Crippen molar-refractivity contribution >= 4 is 29.9 Å². The van der Waals surface area contributed by atoms with Crippen LogP contribution in [-0.2, 0) is 13.1 Å². The number of aliphatic imine (C=N–C) groups is 1. The van der Waals surface area contributed by atoms with Crippen LogP contribution in [0.15, 0.2) is 71.9 Å². The summed E-state index contributed by atoms with van der Waals surface area (Å²) >= 11 is 0. The lowest BCUT2D eigenvalue weighted by molar-refractivity contribution is 0.414. The number of guanidine groups is 1. The Balaban J connectivity index is 0.00000341. The lowest BCUT2D eigenvalue weighted by Crippen LogP contribution is -2.36. The number of methoxy groups -OCH3 is 1. The minimum atomic E-state index is -0.306. The maximum atomic E-state index is 13.0. The number of halogens is 2. The molecule has 0 radical (unpaired) electrons. The van der Waals surface area contributed by atoms with Crippen LogP contribution in [0, 0.1) is 5.82 Å². The SMILES string of the molecule is CCNC(=NCc1ccc(Oc2ccc(F)cc2)nc1)NCc1cccc(OC)c1.I. The number of benzene rings is 2. The first-order valence-electron chi connectivity index (χ1n) is 9.69. The van der Waals surface area contributed by atoms with Crippen LogP contribution >= 0.6 is 24.0 Å². The molecule has 3 aromatic rings. The highest BCUT2D eigenvalue weighted by molar-refractivity contribution is 14.0. The van der Waals surface area contributed by atoms with Crippen LogP contribution in [0.5, 0.6) is 17.4 Å². The minimum absolute atomic E-state index is 0. The van der Waals surface area contributed by atoms with Gasteiger partial charge in [-0.1, -0.05) is 18.2 Å². The summed E-state index contributed by atoms with van der Waals surface area (Å²) in [4.78, 5) is 8.90. The van der Waals surface area contributed by atoms with Crippen molar-refractivity contribution in [3.63, 3.8) is 0 Å². The van der Waals surface area contributed by atoms with Crippen LogP contribution in [0.25, 0.3) is 0 Å². The fourth-order valence-corrected chi connectivity index (χ4v) is 2.67. The van der Waals surface area contributed by atoms with Crippen molar-refractivity contribution in [1.82, 2.24) is 15.6 Å². The Labute approximate surface area is 198 Å². The van der Waals surface area contributed by atoms with Crippen LogP contribution in [0.1, 0.15) is 18.1 Å². The number of hydrogen-bond donors (Lipinski definition) is 2. The summed E-state index contributed by atoms with van der Waals surface area (Å²) in [6, 6.07) is 17.4. The van der Waals surface area contributed by atoms with Gasteiger partial charge in [0.25, 0.3) is 0 Å². The van der Waals surface area contributed by atoms with Gasteiger partial charge in [-0.05, 0) is 54.4 Å². The molecule has 0 saturated heterocycles. The molecule has 1 heterocycles. The van der Waals surface area contributed by atoms with Gasteiger partial charge in [-0.2, -0.15) is 0 Å². The molecule has 8 heteroatoms. The van der Waals surface area contributed by atoms with Crippen LogP contribution in [-0.4, -0.2) is 24.6 Å². The third-order valence-electron chi connectivity index (χ3n) is 4.19. The quantitative estimate of drug-likeness (QED) is 0.244. The van der Waals surface area contributed by atoms with Crippen molar-refractivity contribution in [2.45, 2.75) is 20.0 Å². The van der Waals surface area contributed by atoms with Crippen LogP contribution in [0.2, 0.25) is 0 Å². The number of rotatable bonds is 8. The summed E-state index contributed by atoms with van der Waals surface area (Å²) in [6.45, 7) is 3.88. The second-order valence-corrected chi connectivity index (χ2v) is 6.46. The number of aromatic nitrogens is 1. The number of hydrogen-bond acceptors (Lipinski definition) is 4. The van der Waals surface area contributed by atoms with Gasteiger partial charge in [0.05, 0.1) is 13.7 Å². The van der Waals surface area contributed by atoms with Crippen LogP contribution in [0.3, 0.4) is 0 Å². The zero-order chi connectivity index (χ0) is 21.2. The van der Waals surface area contributed by atoms with Gasteiger partial charge >= 0.3 is 0 Å². The molecule has 0 fully saturated rings. The molecule has 0 unspecified atom stereocenters. The van der Waals surface area contributed by atoms with E-state index in [-0.39, 0.29) is 29.8 Å². The summed E-state index contributed by atoms with van der Waals surface area (Å²) in [5.74, 6) is 2.21. The van der Waals surface area contributed by atoms with Gasteiger partial charge in [-0.15, -0.1) is 24.0 Å². The molecule has 2 aromatic carbocycles. The average molecular weight is 536 g/mol. The molecule has 3 rings (SSSR count). The molecule has 0 amide bonds. The van der Waals surface area contributed by atoms with Gasteiger partial charge in [0, 0.05) is 25.4 Å². The Kier molecular flexibility index (Phi) is 10.0. The highest BCUT2D eigenvalue weighted by atomic mass is 127. The number of ether oxygens (including phenoxy) is 2. The molecule has 0 bridgehead atoms. The maximum Gasteiger partial charge on any atom is 0.219 e. The van der Waals surface area contributed by atoms with Crippen molar-refractivity contribution in [3.05, 3.63) is 83.8 Å². The second kappa shape index (κ2) is 12.7. The predicted octanol–water partition coefficient (Wildman–Crippen LogP) is 4.89. The van der Waals surface area contributed by atoms with Gasteiger partial charge < -0.3 is 20.1 Å². The third-order valence-corrected chi connectivity index (χ3v) is 4.19. The van der Waals surface area contributed by atoms with Crippen LogP contribution in [0.4, 0.5) is 4.39 Å². The van der Waals surface area contributed by atoms with Gasteiger partial charge in [-0.25, -0.2) is 14.4 Å². The Hall–Kier alpha value is -2.88. The van der Waals surface area contributed by atoms with Crippen molar-refractivity contribution in [2.24, 2.45) is 4.99 Å². The van der Waals surface area contributed by atoms with E-state index >= 15 is 0 Å². The molecule has 0 saturated carbocycles. The lowest BCUT2D eigenvalue weighted by atomic mass is 10.2. The van der Waals surface area contributed by atoms with E-state index in [4.69, 9.17) is 9.47 Å². The molecule has 0 aliphatic rings. The molecular weight excluding hydrogens is 510 g/mol. The molecule has 6 nitrogen and oxygen atoms in total. The summed E-state index contributed by atoms with van der Waals surface area (Å²) in [5.41, 5.74) is 2.05. The molecule has 31 heavy (non-hydrogen) atoms. The number of pyridine rings is 1. The van der Waals surface area contributed by atoms with Gasteiger partial charge in [-0.3, -0.25) is 0 Å². The molecule has 0 spiro atoms. The summed E-state index contributed by atoms with van der Waals surface area (Å²) in [6.07, 6.45) is 1.72. The minimum Gasteiger partial charge on any atom is -0.497 e. The van der Waals surface area contributed by atoms with Gasteiger partial charge in [0.15, 0.2) is 5.96 Å². The fraction of sp³-hybridized carbons (Fsp3) is 0.217. The van der Waals surface area contributed by atoms with Crippen molar-refractivity contribution in [1.29, 1.82) is 0 Å². The van der Waals surface area contributed by atoms with Crippen molar-refractivity contribution in [2.75, 3.05) is 13.7 Å².